The molecule has 3 rings (SSSR count). The van der Waals surface area contributed by atoms with Crippen molar-refractivity contribution in [3.8, 4) is 5.75 Å². The minimum atomic E-state index is -0.303. The minimum Gasteiger partial charge on any atom is -0.485 e. The average Bonchev–Trinajstić information content (AvgIpc) is 3.27. The predicted molar refractivity (Wildman–Crippen MR) is 93.7 cm³/mol. The molecule has 3 aromatic rings. The second-order valence-corrected chi connectivity index (χ2v) is 6.42. The topological polar surface area (TPSA) is 51.4 Å². The summed E-state index contributed by atoms with van der Waals surface area (Å²) >= 11 is 1.71. The predicted octanol–water partition coefficient (Wildman–Crippen LogP) is 4.04. The normalized spacial score (nSPS) is 11.0. The lowest BCUT2D eigenvalue weighted by molar-refractivity contribution is 0.239. The van der Waals surface area contributed by atoms with E-state index >= 15 is 0 Å². The van der Waals surface area contributed by atoms with E-state index in [0.29, 0.717) is 24.0 Å². The van der Waals surface area contributed by atoms with E-state index in [1.54, 1.807) is 23.5 Å². The van der Waals surface area contributed by atoms with E-state index in [2.05, 4.69) is 33.1 Å². The van der Waals surface area contributed by atoms with Crippen molar-refractivity contribution in [2.45, 2.75) is 19.7 Å². The van der Waals surface area contributed by atoms with Gasteiger partial charge in [0.1, 0.15) is 11.6 Å². The van der Waals surface area contributed by atoms with Crippen molar-refractivity contribution in [1.29, 1.82) is 0 Å². The van der Waals surface area contributed by atoms with E-state index in [-0.39, 0.29) is 12.4 Å². The zero-order valence-electron chi connectivity index (χ0n) is 13.6. The smallest absolute Gasteiger partial charge is 0.240 e. The van der Waals surface area contributed by atoms with Gasteiger partial charge >= 0.3 is 0 Å². The van der Waals surface area contributed by atoms with Crippen LogP contribution in [0.5, 0.6) is 5.75 Å². The maximum atomic E-state index is 12.9. The van der Waals surface area contributed by atoms with Crippen LogP contribution in [0.25, 0.3) is 0 Å². The van der Waals surface area contributed by atoms with Gasteiger partial charge in [-0.2, -0.15) is 4.98 Å². The third-order valence-corrected chi connectivity index (χ3v) is 4.26. The number of ether oxygens (including phenoxy) is 1. The van der Waals surface area contributed by atoms with Crippen LogP contribution in [-0.4, -0.2) is 21.6 Å². The fourth-order valence-electron chi connectivity index (χ4n) is 2.27. The summed E-state index contributed by atoms with van der Waals surface area (Å²) in [5, 5.41) is 5.98. The number of aromatic nitrogens is 2. The van der Waals surface area contributed by atoms with Gasteiger partial charge in [0.05, 0.1) is 6.54 Å². The van der Waals surface area contributed by atoms with Crippen LogP contribution in [0.4, 0.5) is 4.39 Å². The van der Waals surface area contributed by atoms with Gasteiger partial charge in [0.25, 0.3) is 0 Å². The maximum absolute atomic E-state index is 12.9. The van der Waals surface area contributed by atoms with Crippen LogP contribution >= 0.6 is 11.3 Å². The van der Waals surface area contributed by atoms with Crippen LogP contribution in [0.15, 0.2) is 59.0 Å². The summed E-state index contributed by atoms with van der Waals surface area (Å²) in [6, 6.07) is 9.93. The molecule has 0 fully saturated rings. The Hall–Kier alpha value is -2.51. The monoisotopic (exact) mass is 359 g/mol. The Bertz CT molecular complexity index is 787. The highest BCUT2D eigenvalue weighted by molar-refractivity contribution is 7.09. The van der Waals surface area contributed by atoms with Crippen LogP contribution in [0.2, 0.25) is 0 Å². The number of hydrogen-bond donors (Lipinski definition) is 0. The second-order valence-electron chi connectivity index (χ2n) is 5.38. The van der Waals surface area contributed by atoms with Crippen LogP contribution in [0.3, 0.4) is 0 Å². The molecule has 2 aromatic heterocycles. The van der Waals surface area contributed by atoms with Crippen LogP contribution in [0, 0.1) is 5.82 Å². The number of thiophene rings is 1. The maximum Gasteiger partial charge on any atom is 0.240 e. The zero-order chi connectivity index (χ0) is 17.5. The minimum absolute atomic E-state index is 0.168. The summed E-state index contributed by atoms with van der Waals surface area (Å²) < 4.78 is 23.7. The summed E-state index contributed by atoms with van der Waals surface area (Å²) in [4.78, 5) is 7.77. The lowest BCUT2D eigenvalue weighted by atomic mass is 10.3. The van der Waals surface area contributed by atoms with E-state index < -0.39 is 0 Å². The Morgan fingerprint density at radius 3 is 2.80 bits per heavy atom. The molecule has 0 aliphatic heterocycles. The lowest BCUT2D eigenvalue weighted by Crippen LogP contribution is -2.22. The summed E-state index contributed by atoms with van der Waals surface area (Å²) in [6.45, 7) is 6.02. The molecule has 0 aliphatic rings. The molecule has 1 aromatic carbocycles. The van der Waals surface area contributed by atoms with Crippen molar-refractivity contribution in [3.63, 3.8) is 0 Å². The Kier molecular flexibility index (Phi) is 5.92. The molecular formula is C18H18FN3O2S. The highest BCUT2D eigenvalue weighted by Crippen LogP contribution is 2.15. The van der Waals surface area contributed by atoms with Crippen molar-refractivity contribution in [2.75, 3.05) is 6.54 Å². The molecule has 0 bridgehead atoms. The highest BCUT2D eigenvalue weighted by atomic mass is 32.1. The first kappa shape index (κ1) is 17.3. The van der Waals surface area contributed by atoms with Crippen molar-refractivity contribution in [3.05, 3.63) is 76.8 Å². The zero-order valence-corrected chi connectivity index (χ0v) is 14.4. The lowest BCUT2D eigenvalue weighted by Gasteiger charge is -2.17. The van der Waals surface area contributed by atoms with Gasteiger partial charge < -0.3 is 9.26 Å². The first-order valence-electron chi connectivity index (χ1n) is 7.78. The summed E-state index contributed by atoms with van der Waals surface area (Å²) in [7, 11) is 0. The first-order chi connectivity index (χ1) is 12.2. The number of rotatable bonds is 9. The first-order valence-corrected chi connectivity index (χ1v) is 8.66. The third-order valence-electron chi connectivity index (χ3n) is 3.40. The number of nitrogens with zero attached hydrogens (tertiary/aromatic N) is 3. The molecule has 0 spiro atoms. The van der Waals surface area contributed by atoms with Crippen molar-refractivity contribution >= 4 is 11.3 Å². The molecule has 0 saturated heterocycles. The number of halogens is 1. The van der Waals surface area contributed by atoms with Gasteiger partial charge in [-0.15, -0.1) is 17.9 Å². The Labute approximate surface area is 149 Å². The summed E-state index contributed by atoms with van der Waals surface area (Å²) in [6.07, 6.45) is 1.85. The summed E-state index contributed by atoms with van der Waals surface area (Å²) in [5.74, 6) is 1.23. The molecule has 0 saturated carbocycles. The third kappa shape index (κ3) is 5.23. The molecule has 2 heterocycles. The van der Waals surface area contributed by atoms with Gasteiger partial charge in [0.15, 0.2) is 6.61 Å². The van der Waals surface area contributed by atoms with Crippen LogP contribution < -0.4 is 4.74 Å². The number of hydrogen-bond acceptors (Lipinski definition) is 6. The largest absolute Gasteiger partial charge is 0.485 e. The SMILES string of the molecule is C=CCN(Cc1nc(COc2ccc(F)cc2)no1)Cc1cccs1. The molecular weight excluding hydrogens is 341 g/mol. The van der Waals surface area contributed by atoms with E-state index in [0.717, 1.165) is 13.1 Å². The Morgan fingerprint density at radius 1 is 1.24 bits per heavy atom. The summed E-state index contributed by atoms with van der Waals surface area (Å²) in [5.41, 5.74) is 0. The van der Waals surface area contributed by atoms with Gasteiger partial charge in [-0.1, -0.05) is 17.3 Å². The molecule has 5 nitrogen and oxygen atoms in total. The average molecular weight is 359 g/mol. The molecule has 0 radical (unpaired) electrons. The fraction of sp³-hybridized carbons (Fsp3) is 0.222. The van der Waals surface area contributed by atoms with E-state index in [1.807, 2.05) is 12.1 Å². The Balaban J connectivity index is 1.55. The molecule has 0 atom stereocenters. The van der Waals surface area contributed by atoms with Gasteiger partial charge in [0.2, 0.25) is 11.7 Å². The highest BCUT2D eigenvalue weighted by Gasteiger charge is 2.12. The van der Waals surface area contributed by atoms with Gasteiger partial charge in [0, 0.05) is 18.0 Å². The van der Waals surface area contributed by atoms with Crippen molar-refractivity contribution in [2.24, 2.45) is 0 Å². The fourth-order valence-corrected chi connectivity index (χ4v) is 3.02. The standard InChI is InChI=1S/C18H18FN3O2S/c1-2-9-22(11-16-4-3-10-25-16)12-18-20-17(21-24-18)13-23-15-7-5-14(19)6-8-15/h2-8,10H,1,9,11-13H2. The second kappa shape index (κ2) is 8.55. The van der Waals surface area contributed by atoms with Crippen LogP contribution in [0.1, 0.15) is 16.6 Å². The quantitative estimate of drug-likeness (QED) is 0.540. The van der Waals surface area contributed by atoms with Crippen LogP contribution in [-0.2, 0) is 19.7 Å². The van der Waals surface area contributed by atoms with Crippen molar-refractivity contribution in [1.82, 2.24) is 15.0 Å². The molecule has 25 heavy (non-hydrogen) atoms. The van der Waals surface area contributed by atoms with Gasteiger partial charge in [-0.25, -0.2) is 4.39 Å². The Morgan fingerprint density at radius 2 is 2.08 bits per heavy atom. The van der Waals surface area contributed by atoms with Crippen molar-refractivity contribution < 1.29 is 13.7 Å². The van der Waals surface area contributed by atoms with E-state index in [9.17, 15) is 4.39 Å². The molecule has 0 unspecified atom stereocenters. The molecule has 0 amide bonds. The van der Waals surface area contributed by atoms with Gasteiger partial charge in [-0.05, 0) is 35.7 Å². The van der Waals surface area contributed by atoms with E-state index in [1.165, 1.54) is 17.0 Å². The number of benzene rings is 1. The van der Waals surface area contributed by atoms with E-state index in [4.69, 9.17) is 9.26 Å². The molecule has 0 N–H and O–H groups in total. The van der Waals surface area contributed by atoms with Gasteiger partial charge in [-0.3, -0.25) is 4.90 Å². The molecule has 0 aliphatic carbocycles. The molecule has 130 valence electrons. The molecule has 7 heteroatoms.